The van der Waals surface area contributed by atoms with Crippen molar-refractivity contribution in [3.8, 4) is 5.75 Å². The highest BCUT2D eigenvalue weighted by atomic mass is 16.3. The third kappa shape index (κ3) is 8.81. The van der Waals surface area contributed by atoms with E-state index in [0.29, 0.717) is 30.6 Å². The minimum Gasteiger partial charge on any atom is -0.508 e. The first-order valence-corrected chi connectivity index (χ1v) is 10.5. The second kappa shape index (κ2) is 12.6. The molecule has 29 heavy (non-hydrogen) atoms. The maximum atomic E-state index is 12.4. The summed E-state index contributed by atoms with van der Waals surface area (Å²) in [7, 11) is 0. The van der Waals surface area contributed by atoms with Gasteiger partial charge in [0.15, 0.2) is 0 Å². The van der Waals surface area contributed by atoms with Crippen LogP contribution in [0.4, 0.5) is 5.69 Å². The number of phenolic OH excluding ortho intramolecular Hbond substituents is 1. The van der Waals surface area contributed by atoms with Gasteiger partial charge in [0.1, 0.15) is 5.75 Å². The van der Waals surface area contributed by atoms with E-state index in [1.807, 2.05) is 12.1 Å². The van der Waals surface area contributed by atoms with Gasteiger partial charge in [0, 0.05) is 24.2 Å². The Bertz CT molecular complexity index is 772. The summed E-state index contributed by atoms with van der Waals surface area (Å²) in [4.78, 5) is 24.5. The summed E-state index contributed by atoms with van der Waals surface area (Å²) in [5.41, 5.74) is 2.21. The average molecular weight is 397 g/mol. The van der Waals surface area contributed by atoms with E-state index in [1.165, 1.54) is 25.7 Å². The molecule has 0 spiro atoms. The van der Waals surface area contributed by atoms with Gasteiger partial charge in [-0.3, -0.25) is 9.59 Å². The van der Waals surface area contributed by atoms with Gasteiger partial charge in [-0.2, -0.15) is 0 Å². The lowest BCUT2D eigenvalue weighted by Gasteiger charge is -2.09. The summed E-state index contributed by atoms with van der Waals surface area (Å²) in [6.07, 6.45) is 8.07. The van der Waals surface area contributed by atoms with E-state index in [0.717, 1.165) is 18.4 Å². The highest BCUT2D eigenvalue weighted by Crippen LogP contribution is 2.13. The van der Waals surface area contributed by atoms with Gasteiger partial charge in [0.2, 0.25) is 5.91 Å². The normalized spacial score (nSPS) is 10.5. The first kappa shape index (κ1) is 22.5. The molecule has 0 bridgehead atoms. The van der Waals surface area contributed by atoms with Crippen molar-refractivity contribution < 1.29 is 14.7 Å². The van der Waals surface area contributed by atoms with Gasteiger partial charge in [-0.05, 0) is 48.7 Å². The molecule has 2 aromatic rings. The SMILES string of the molecule is CCCCCCCCC(=O)Nc1cccc(C(=O)NCCc2ccc(O)cc2)c1. The molecule has 156 valence electrons. The largest absolute Gasteiger partial charge is 0.508 e. The number of hydrogen-bond donors (Lipinski definition) is 3. The molecule has 0 radical (unpaired) electrons. The number of hydrogen-bond acceptors (Lipinski definition) is 3. The van der Waals surface area contributed by atoms with Crippen LogP contribution >= 0.6 is 0 Å². The second-order valence-corrected chi connectivity index (χ2v) is 7.32. The van der Waals surface area contributed by atoms with Crippen molar-refractivity contribution in [3.63, 3.8) is 0 Å². The molecule has 0 aliphatic rings. The number of anilines is 1. The fourth-order valence-electron chi connectivity index (χ4n) is 3.11. The van der Waals surface area contributed by atoms with Gasteiger partial charge in [-0.1, -0.05) is 57.2 Å². The molecule has 3 N–H and O–H groups in total. The van der Waals surface area contributed by atoms with Crippen molar-refractivity contribution in [1.82, 2.24) is 5.32 Å². The van der Waals surface area contributed by atoms with Crippen molar-refractivity contribution in [1.29, 1.82) is 0 Å². The van der Waals surface area contributed by atoms with Gasteiger partial charge in [-0.25, -0.2) is 0 Å². The summed E-state index contributed by atoms with van der Waals surface area (Å²) in [5.74, 6) is 0.0503. The first-order chi connectivity index (χ1) is 14.1. The van der Waals surface area contributed by atoms with Crippen LogP contribution in [-0.2, 0) is 11.2 Å². The Morgan fingerprint density at radius 1 is 0.931 bits per heavy atom. The molecule has 0 heterocycles. The zero-order valence-corrected chi connectivity index (χ0v) is 17.2. The Balaban J connectivity index is 1.73. The Morgan fingerprint density at radius 2 is 1.66 bits per heavy atom. The van der Waals surface area contributed by atoms with E-state index in [4.69, 9.17) is 0 Å². The summed E-state index contributed by atoms with van der Waals surface area (Å²) < 4.78 is 0. The molecule has 0 aliphatic heterocycles. The maximum absolute atomic E-state index is 12.4. The zero-order valence-electron chi connectivity index (χ0n) is 17.2. The van der Waals surface area contributed by atoms with Crippen LogP contribution in [0.15, 0.2) is 48.5 Å². The third-order valence-corrected chi connectivity index (χ3v) is 4.80. The van der Waals surface area contributed by atoms with Crippen LogP contribution in [0.2, 0.25) is 0 Å². The van der Waals surface area contributed by atoms with E-state index in [2.05, 4.69) is 17.6 Å². The van der Waals surface area contributed by atoms with Crippen molar-refractivity contribution in [3.05, 3.63) is 59.7 Å². The predicted octanol–water partition coefficient (Wildman–Crippen LogP) is 5.05. The van der Waals surface area contributed by atoms with Crippen molar-refractivity contribution >= 4 is 17.5 Å². The molecular weight excluding hydrogens is 364 g/mol. The Hall–Kier alpha value is -2.82. The third-order valence-electron chi connectivity index (χ3n) is 4.80. The zero-order chi connectivity index (χ0) is 20.9. The number of unbranched alkanes of at least 4 members (excludes halogenated alkanes) is 5. The molecule has 2 amide bonds. The van der Waals surface area contributed by atoms with Crippen LogP contribution in [0.25, 0.3) is 0 Å². The molecule has 0 unspecified atom stereocenters. The molecule has 0 aliphatic carbocycles. The van der Waals surface area contributed by atoms with Crippen LogP contribution in [0.3, 0.4) is 0 Å². The quantitative estimate of drug-likeness (QED) is 0.439. The van der Waals surface area contributed by atoms with E-state index >= 15 is 0 Å². The van der Waals surface area contributed by atoms with E-state index in [-0.39, 0.29) is 17.6 Å². The fourth-order valence-corrected chi connectivity index (χ4v) is 3.11. The van der Waals surface area contributed by atoms with Gasteiger partial charge in [0.05, 0.1) is 0 Å². The van der Waals surface area contributed by atoms with E-state index in [9.17, 15) is 14.7 Å². The highest BCUT2D eigenvalue weighted by molar-refractivity contribution is 5.97. The molecule has 0 saturated heterocycles. The molecule has 0 atom stereocenters. The minimum atomic E-state index is -0.171. The molecule has 5 nitrogen and oxygen atoms in total. The molecule has 0 saturated carbocycles. The Kier molecular flexibility index (Phi) is 9.76. The molecule has 2 aromatic carbocycles. The standard InChI is InChI=1S/C24H32N2O3/c1-2-3-4-5-6-7-11-23(28)26-21-10-8-9-20(18-21)24(29)25-17-16-19-12-14-22(27)15-13-19/h8-10,12-15,18,27H,2-7,11,16-17H2,1H3,(H,25,29)(H,26,28). The highest BCUT2D eigenvalue weighted by Gasteiger charge is 2.08. The number of phenols is 1. The average Bonchev–Trinajstić information content (AvgIpc) is 2.72. The number of rotatable bonds is 12. The second-order valence-electron chi connectivity index (χ2n) is 7.32. The Morgan fingerprint density at radius 3 is 2.41 bits per heavy atom. The van der Waals surface area contributed by atoms with Crippen LogP contribution < -0.4 is 10.6 Å². The van der Waals surface area contributed by atoms with Crippen LogP contribution in [-0.4, -0.2) is 23.5 Å². The number of nitrogens with one attached hydrogen (secondary N) is 2. The fraction of sp³-hybridized carbons (Fsp3) is 0.417. The number of aromatic hydroxyl groups is 1. The molecule has 0 fully saturated rings. The summed E-state index contributed by atoms with van der Waals surface area (Å²) in [5, 5.41) is 15.1. The molecule has 5 heteroatoms. The van der Waals surface area contributed by atoms with Gasteiger partial charge < -0.3 is 15.7 Å². The van der Waals surface area contributed by atoms with Crippen molar-refractivity contribution in [2.24, 2.45) is 0 Å². The monoisotopic (exact) mass is 396 g/mol. The van der Waals surface area contributed by atoms with Crippen LogP contribution in [0.5, 0.6) is 5.75 Å². The summed E-state index contributed by atoms with van der Waals surface area (Å²) in [6, 6.07) is 13.9. The van der Waals surface area contributed by atoms with Crippen LogP contribution in [0, 0.1) is 0 Å². The lowest BCUT2D eigenvalue weighted by Crippen LogP contribution is -2.25. The van der Waals surface area contributed by atoms with Crippen molar-refractivity contribution in [2.45, 2.75) is 58.3 Å². The molecular formula is C24H32N2O3. The molecule has 2 rings (SSSR count). The maximum Gasteiger partial charge on any atom is 0.251 e. The lowest BCUT2D eigenvalue weighted by molar-refractivity contribution is -0.116. The molecule has 0 aromatic heterocycles. The topological polar surface area (TPSA) is 78.4 Å². The number of benzene rings is 2. The van der Waals surface area contributed by atoms with Gasteiger partial charge >= 0.3 is 0 Å². The van der Waals surface area contributed by atoms with Gasteiger partial charge in [-0.15, -0.1) is 0 Å². The number of amides is 2. The summed E-state index contributed by atoms with van der Waals surface area (Å²) >= 11 is 0. The minimum absolute atomic E-state index is 0.00891. The van der Waals surface area contributed by atoms with Crippen LogP contribution in [0.1, 0.15) is 67.8 Å². The number of carbonyl (C=O) groups excluding carboxylic acids is 2. The summed E-state index contributed by atoms with van der Waals surface area (Å²) in [6.45, 7) is 2.69. The van der Waals surface area contributed by atoms with Gasteiger partial charge in [0.25, 0.3) is 5.91 Å². The number of carbonyl (C=O) groups is 2. The Labute approximate surface area is 173 Å². The van der Waals surface area contributed by atoms with E-state index in [1.54, 1.807) is 36.4 Å². The van der Waals surface area contributed by atoms with E-state index < -0.39 is 0 Å². The first-order valence-electron chi connectivity index (χ1n) is 10.5. The van der Waals surface area contributed by atoms with Crippen molar-refractivity contribution in [2.75, 3.05) is 11.9 Å². The smallest absolute Gasteiger partial charge is 0.251 e. The lowest BCUT2D eigenvalue weighted by atomic mass is 10.1. The predicted molar refractivity (Wildman–Crippen MR) is 117 cm³/mol.